The molecule has 0 spiro atoms. The predicted molar refractivity (Wildman–Crippen MR) is 95.3 cm³/mol. The van der Waals surface area contributed by atoms with Crippen LogP contribution in [-0.2, 0) is 14.8 Å². The van der Waals surface area contributed by atoms with E-state index in [1.54, 1.807) is 56.6 Å². The fraction of sp³-hybridized carbons (Fsp3) is 0.278. The Kier molecular flexibility index (Phi) is 4.53. The largest absolute Gasteiger partial charge is 0.497 e. The molecule has 6 nitrogen and oxygen atoms in total. The maximum Gasteiger partial charge on any atom is 0.241 e. The van der Waals surface area contributed by atoms with Crippen molar-refractivity contribution in [3.05, 3.63) is 53.6 Å². The van der Waals surface area contributed by atoms with E-state index in [1.807, 2.05) is 6.92 Å². The van der Waals surface area contributed by atoms with Crippen LogP contribution in [0.5, 0.6) is 5.75 Å². The third-order valence-electron chi connectivity index (χ3n) is 4.36. The van der Waals surface area contributed by atoms with Crippen LogP contribution in [0, 0.1) is 6.92 Å². The Labute approximate surface area is 147 Å². The van der Waals surface area contributed by atoms with Crippen LogP contribution in [0.2, 0.25) is 0 Å². The van der Waals surface area contributed by atoms with E-state index in [9.17, 15) is 13.2 Å². The lowest BCUT2D eigenvalue weighted by molar-refractivity contribution is -0.119. The van der Waals surface area contributed by atoms with E-state index in [1.165, 1.54) is 4.90 Å². The first-order chi connectivity index (χ1) is 11.8. The van der Waals surface area contributed by atoms with Gasteiger partial charge in [-0.2, -0.15) is 0 Å². The van der Waals surface area contributed by atoms with Gasteiger partial charge >= 0.3 is 0 Å². The number of hydrogen-bond acceptors (Lipinski definition) is 4. The number of benzene rings is 2. The molecule has 0 aromatic heterocycles. The van der Waals surface area contributed by atoms with E-state index < -0.39 is 16.1 Å². The number of rotatable bonds is 4. The summed E-state index contributed by atoms with van der Waals surface area (Å²) in [5, 5.41) is 0. The standard InChI is InChI=1S/C18H20N2O4S/c1-12-4-7-14(8-5-12)25(22,23)19-16-11-18(21)20(2)17-10-13(24-3)6-9-15(16)17/h4-10,16,19H,11H2,1-3H3. The normalized spacial score (nSPS) is 17.3. The lowest BCUT2D eigenvalue weighted by Gasteiger charge is -2.32. The minimum absolute atomic E-state index is 0.0704. The van der Waals surface area contributed by atoms with Crippen LogP contribution in [0.4, 0.5) is 5.69 Å². The molecule has 132 valence electrons. The molecular weight excluding hydrogens is 340 g/mol. The monoisotopic (exact) mass is 360 g/mol. The van der Waals surface area contributed by atoms with Crippen molar-refractivity contribution in [1.82, 2.24) is 4.72 Å². The van der Waals surface area contributed by atoms with E-state index in [0.29, 0.717) is 11.4 Å². The molecule has 0 bridgehead atoms. The smallest absolute Gasteiger partial charge is 0.241 e. The van der Waals surface area contributed by atoms with Crippen molar-refractivity contribution in [3.8, 4) is 5.75 Å². The van der Waals surface area contributed by atoms with Gasteiger partial charge in [0.15, 0.2) is 0 Å². The van der Waals surface area contributed by atoms with Crippen molar-refractivity contribution >= 4 is 21.6 Å². The van der Waals surface area contributed by atoms with Crippen LogP contribution in [-0.4, -0.2) is 28.5 Å². The molecular formula is C18H20N2O4S. The van der Waals surface area contributed by atoms with Gasteiger partial charge in [-0.3, -0.25) is 4.79 Å². The van der Waals surface area contributed by atoms with Gasteiger partial charge in [-0.25, -0.2) is 13.1 Å². The fourth-order valence-electron chi connectivity index (χ4n) is 2.87. The summed E-state index contributed by atoms with van der Waals surface area (Å²) in [5.74, 6) is 0.456. The van der Waals surface area contributed by atoms with E-state index in [0.717, 1.165) is 11.1 Å². The number of carbonyl (C=O) groups is 1. The molecule has 0 aliphatic carbocycles. The number of sulfonamides is 1. The average molecular weight is 360 g/mol. The number of fused-ring (bicyclic) bond motifs is 1. The molecule has 1 aliphatic heterocycles. The number of ether oxygens (including phenoxy) is 1. The Bertz CT molecular complexity index is 907. The summed E-state index contributed by atoms with van der Waals surface area (Å²) in [6.45, 7) is 1.89. The van der Waals surface area contributed by atoms with Gasteiger partial charge < -0.3 is 9.64 Å². The highest BCUT2D eigenvalue weighted by atomic mass is 32.2. The quantitative estimate of drug-likeness (QED) is 0.908. The first-order valence-electron chi connectivity index (χ1n) is 7.85. The molecule has 0 fully saturated rings. The number of nitrogens with zero attached hydrogens (tertiary/aromatic N) is 1. The molecule has 0 saturated heterocycles. The summed E-state index contributed by atoms with van der Waals surface area (Å²) in [6.07, 6.45) is 0.0704. The minimum Gasteiger partial charge on any atom is -0.497 e. The molecule has 1 unspecified atom stereocenters. The minimum atomic E-state index is -3.73. The van der Waals surface area contributed by atoms with Gasteiger partial charge in [0.25, 0.3) is 0 Å². The number of methoxy groups -OCH3 is 1. The number of anilines is 1. The van der Waals surface area contributed by atoms with Gasteiger partial charge in [0.2, 0.25) is 15.9 Å². The number of aryl methyl sites for hydroxylation is 1. The molecule has 3 rings (SSSR count). The number of hydrogen-bond donors (Lipinski definition) is 1. The second-order valence-corrected chi connectivity index (χ2v) is 7.78. The number of nitrogens with one attached hydrogen (secondary N) is 1. The van der Waals surface area contributed by atoms with E-state index in [-0.39, 0.29) is 17.2 Å². The van der Waals surface area contributed by atoms with E-state index >= 15 is 0 Å². The van der Waals surface area contributed by atoms with Gasteiger partial charge in [-0.1, -0.05) is 23.8 Å². The molecule has 2 aromatic carbocycles. The van der Waals surface area contributed by atoms with Crippen LogP contribution in [0.3, 0.4) is 0 Å². The predicted octanol–water partition coefficient (Wildman–Crippen LogP) is 2.39. The molecule has 1 amide bonds. The van der Waals surface area contributed by atoms with Gasteiger partial charge in [0.1, 0.15) is 5.75 Å². The molecule has 25 heavy (non-hydrogen) atoms. The maximum atomic E-state index is 12.7. The van der Waals surface area contributed by atoms with Gasteiger partial charge in [0.05, 0.1) is 23.7 Å². The van der Waals surface area contributed by atoms with E-state index in [2.05, 4.69) is 4.72 Å². The highest BCUT2D eigenvalue weighted by Gasteiger charge is 2.32. The van der Waals surface area contributed by atoms with Crippen molar-refractivity contribution < 1.29 is 17.9 Å². The zero-order valence-corrected chi connectivity index (χ0v) is 15.1. The van der Waals surface area contributed by atoms with Crippen molar-refractivity contribution in [1.29, 1.82) is 0 Å². The summed E-state index contributed by atoms with van der Waals surface area (Å²) in [5.41, 5.74) is 2.37. The molecule has 0 radical (unpaired) electrons. The first kappa shape index (κ1) is 17.4. The van der Waals surface area contributed by atoms with E-state index in [4.69, 9.17) is 4.74 Å². The van der Waals surface area contributed by atoms with Crippen molar-refractivity contribution in [2.24, 2.45) is 0 Å². The Morgan fingerprint density at radius 3 is 2.48 bits per heavy atom. The van der Waals surface area contributed by atoms with Gasteiger partial charge in [0, 0.05) is 19.5 Å². The second kappa shape index (κ2) is 6.50. The Morgan fingerprint density at radius 2 is 1.84 bits per heavy atom. The second-order valence-electron chi connectivity index (χ2n) is 6.07. The SMILES string of the molecule is COc1ccc2c(c1)N(C)C(=O)CC2NS(=O)(=O)c1ccc(C)cc1. The third kappa shape index (κ3) is 3.38. The molecule has 2 aromatic rings. The first-order valence-corrected chi connectivity index (χ1v) is 9.33. The lowest BCUT2D eigenvalue weighted by atomic mass is 9.97. The average Bonchev–Trinajstić information content (AvgIpc) is 2.59. The highest BCUT2D eigenvalue weighted by molar-refractivity contribution is 7.89. The van der Waals surface area contributed by atoms with Crippen molar-refractivity contribution in [2.75, 3.05) is 19.1 Å². The number of amides is 1. The highest BCUT2D eigenvalue weighted by Crippen LogP contribution is 2.37. The third-order valence-corrected chi connectivity index (χ3v) is 5.84. The summed E-state index contributed by atoms with van der Waals surface area (Å²) in [6, 6.07) is 11.3. The summed E-state index contributed by atoms with van der Waals surface area (Å²) < 4.78 is 33.2. The lowest BCUT2D eigenvalue weighted by Crippen LogP contribution is -2.39. The zero-order chi connectivity index (χ0) is 18.2. The molecule has 7 heteroatoms. The Balaban J connectivity index is 1.97. The maximum absolute atomic E-state index is 12.7. The summed E-state index contributed by atoms with van der Waals surface area (Å²) in [4.78, 5) is 14.0. The zero-order valence-electron chi connectivity index (χ0n) is 14.3. The molecule has 1 aliphatic rings. The topological polar surface area (TPSA) is 75.7 Å². The van der Waals surface area contributed by atoms with Crippen LogP contribution in [0.1, 0.15) is 23.6 Å². The number of carbonyl (C=O) groups excluding carboxylic acids is 1. The van der Waals surface area contributed by atoms with Gasteiger partial charge in [-0.15, -0.1) is 0 Å². The van der Waals surface area contributed by atoms with Crippen LogP contribution < -0.4 is 14.4 Å². The van der Waals surface area contributed by atoms with Gasteiger partial charge in [-0.05, 0) is 30.7 Å². The molecule has 1 N–H and O–H groups in total. The fourth-order valence-corrected chi connectivity index (χ4v) is 4.08. The summed E-state index contributed by atoms with van der Waals surface area (Å²) in [7, 11) is -0.510. The Hall–Kier alpha value is -2.38. The van der Waals surface area contributed by atoms with Crippen LogP contribution >= 0.6 is 0 Å². The Morgan fingerprint density at radius 1 is 1.16 bits per heavy atom. The molecule has 1 atom stereocenters. The van der Waals surface area contributed by atoms with Crippen LogP contribution in [0.25, 0.3) is 0 Å². The summed E-state index contributed by atoms with van der Waals surface area (Å²) >= 11 is 0. The van der Waals surface area contributed by atoms with Crippen molar-refractivity contribution in [3.63, 3.8) is 0 Å². The molecule has 0 saturated carbocycles. The van der Waals surface area contributed by atoms with Crippen molar-refractivity contribution in [2.45, 2.75) is 24.3 Å². The molecule has 1 heterocycles. The van der Waals surface area contributed by atoms with Crippen LogP contribution in [0.15, 0.2) is 47.4 Å².